The van der Waals surface area contributed by atoms with Crippen molar-refractivity contribution in [2.75, 3.05) is 6.61 Å². The second-order valence-electron chi connectivity index (χ2n) is 6.45. The fraction of sp³-hybridized carbons (Fsp3) is 0.182. The molecular formula is C22H20ClN3O2. The Balaban J connectivity index is 1.53. The van der Waals surface area contributed by atoms with Crippen LogP contribution in [0.2, 0.25) is 5.02 Å². The summed E-state index contributed by atoms with van der Waals surface area (Å²) in [5, 5.41) is 0.689. The zero-order chi connectivity index (χ0) is 19.3. The van der Waals surface area contributed by atoms with Gasteiger partial charge in [0, 0.05) is 17.0 Å². The van der Waals surface area contributed by atoms with Crippen LogP contribution in [0.15, 0.2) is 65.2 Å². The lowest BCUT2D eigenvalue weighted by atomic mass is 10.1. The van der Waals surface area contributed by atoms with Gasteiger partial charge in [-0.2, -0.15) is 0 Å². The van der Waals surface area contributed by atoms with Gasteiger partial charge in [-0.15, -0.1) is 0 Å². The van der Waals surface area contributed by atoms with Crippen molar-refractivity contribution in [2.24, 2.45) is 0 Å². The number of aromatic nitrogens is 3. The highest BCUT2D eigenvalue weighted by Crippen LogP contribution is 2.30. The van der Waals surface area contributed by atoms with Crippen LogP contribution in [-0.2, 0) is 6.42 Å². The average Bonchev–Trinajstić information content (AvgIpc) is 3.33. The Morgan fingerprint density at radius 1 is 1.07 bits per heavy atom. The number of imidazole rings is 1. The lowest BCUT2D eigenvalue weighted by Gasteiger charge is -2.05. The number of aromatic amines is 1. The third-order valence-electron chi connectivity index (χ3n) is 4.31. The number of halogens is 1. The van der Waals surface area contributed by atoms with Crippen LogP contribution in [0.25, 0.3) is 22.8 Å². The van der Waals surface area contributed by atoms with Crippen LogP contribution in [0, 0.1) is 6.92 Å². The molecule has 0 radical (unpaired) electrons. The molecule has 0 aliphatic rings. The van der Waals surface area contributed by atoms with E-state index in [-0.39, 0.29) is 0 Å². The first-order valence-corrected chi connectivity index (χ1v) is 9.52. The molecule has 2 aromatic heterocycles. The molecule has 0 unspecified atom stereocenters. The number of ether oxygens (including phenoxy) is 1. The standard InChI is InChI=1S/C22H20ClN3O2/c1-15-24-14-19(25-15)22-26-21(16-9-11-17(23)12-10-16)20(28-22)8-5-13-27-18-6-3-2-4-7-18/h2-4,6-7,9-12,14H,5,8,13H2,1H3,(H,24,25). The van der Waals surface area contributed by atoms with Crippen molar-refractivity contribution in [1.29, 1.82) is 0 Å². The Kier molecular flexibility index (Phi) is 5.44. The minimum Gasteiger partial charge on any atom is -0.494 e. The molecule has 0 spiro atoms. The highest BCUT2D eigenvalue weighted by atomic mass is 35.5. The first kappa shape index (κ1) is 18.3. The van der Waals surface area contributed by atoms with Crippen LogP contribution in [0.4, 0.5) is 0 Å². The lowest BCUT2D eigenvalue weighted by molar-refractivity contribution is 0.306. The summed E-state index contributed by atoms with van der Waals surface area (Å²) in [7, 11) is 0. The van der Waals surface area contributed by atoms with Gasteiger partial charge in [0.15, 0.2) is 0 Å². The van der Waals surface area contributed by atoms with Crippen molar-refractivity contribution >= 4 is 11.6 Å². The number of para-hydroxylation sites is 1. The number of aryl methyl sites for hydroxylation is 2. The van der Waals surface area contributed by atoms with E-state index in [0.29, 0.717) is 23.9 Å². The Morgan fingerprint density at radius 2 is 1.86 bits per heavy atom. The zero-order valence-electron chi connectivity index (χ0n) is 15.5. The molecule has 0 bridgehead atoms. The maximum absolute atomic E-state index is 6.08. The molecule has 2 aromatic carbocycles. The molecule has 1 N–H and O–H groups in total. The number of nitrogens with zero attached hydrogens (tertiary/aromatic N) is 2. The van der Waals surface area contributed by atoms with E-state index in [1.807, 2.05) is 61.5 Å². The van der Waals surface area contributed by atoms with Crippen molar-refractivity contribution in [1.82, 2.24) is 15.0 Å². The number of benzene rings is 2. The Labute approximate surface area is 168 Å². The second-order valence-corrected chi connectivity index (χ2v) is 6.88. The van der Waals surface area contributed by atoms with E-state index >= 15 is 0 Å². The summed E-state index contributed by atoms with van der Waals surface area (Å²) in [4.78, 5) is 12.1. The van der Waals surface area contributed by atoms with Gasteiger partial charge in [0.1, 0.15) is 28.7 Å². The molecule has 0 amide bonds. The van der Waals surface area contributed by atoms with Gasteiger partial charge in [0.2, 0.25) is 5.89 Å². The average molecular weight is 394 g/mol. The van der Waals surface area contributed by atoms with Gasteiger partial charge in [0.05, 0.1) is 12.8 Å². The van der Waals surface area contributed by atoms with Gasteiger partial charge in [0.25, 0.3) is 0 Å². The van der Waals surface area contributed by atoms with E-state index in [0.717, 1.165) is 40.7 Å². The van der Waals surface area contributed by atoms with Gasteiger partial charge in [-0.1, -0.05) is 41.9 Å². The largest absolute Gasteiger partial charge is 0.494 e. The predicted octanol–water partition coefficient (Wildman–Crippen LogP) is 5.71. The molecule has 0 atom stereocenters. The number of hydrogen-bond donors (Lipinski definition) is 1. The summed E-state index contributed by atoms with van der Waals surface area (Å²) in [6.07, 6.45) is 3.26. The fourth-order valence-electron chi connectivity index (χ4n) is 2.94. The lowest BCUT2D eigenvalue weighted by Crippen LogP contribution is -1.99. The predicted molar refractivity (Wildman–Crippen MR) is 110 cm³/mol. The van der Waals surface area contributed by atoms with Crippen molar-refractivity contribution in [3.8, 4) is 28.6 Å². The normalized spacial score (nSPS) is 10.9. The molecule has 2 heterocycles. The van der Waals surface area contributed by atoms with E-state index in [9.17, 15) is 0 Å². The monoisotopic (exact) mass is 393 g/mol. The topological polar surface area (TPSA) is 63.9 Å². The van der Waals surface area contributed by atoms with Gasteiger partial charge >= 0.3 is 0 Å². The summed E-state index contributed by atoms with van der Waals surface area (Å²) >= 11 is 6.03. The first-order valence-electron chi connectivity index (χ1n) is 9.14. The van der Waals surface area contributed by atoms with Gasteiger partial charge < -0.3 is 14.1 Å². The Hall–Kier alpha value is -3.05. The van der Waals surface area contributed by atoms with Crippen molar-refractivity contribution in [2.45, 2.75) is 19.8 Å². The smallest absolute Gasteiger partial charge is 0.245 e. The van der Waals surface area contributed by atoms with Crippen LogP contribution < -0.4 is 4.74 Å². The molecule has 0 saturated heterocycles. The minimum atomic E-state index is 0.532. The van der Waals surface area contributed by atoms with E-state index in [1.165, 1.54) is 0 Å². The number of nitrogens with one attached hydrogen (secondary N) is 1. The molecule has 0 aliphatic carbocycles. The fourth-order valence-corrected chi connectivity index (χ4v) is 3.06. The van der Waals surface area contributed by atoms with Crippen molar-refractivity contribution in [3.05, 3.63) is 77.4 Å². The highest BCUT2D eigenvalue weighted by molar-refractivity contribution is 6.30. The SMILES string of the molecule is Cc1ncc(-c2nc(-c3ccc(Cl)cc3)c(CCCOc3ccccc3)o2)[nH]1. The molecule has 0 aliphatic heterocycles. The summed E-state index contributed by atoms with van der Waals surface area (Å²) in [5.74, 6) is 3.04. The van der Waals surface area contributed by atoms with E-state index in [4.69, 9.17) is 25.7 Å². The van der Waals surface area contributed by atoms with Crippen LogP contribution >= 0.6 is 11.6 Å². The molecule has 6 heteroatoms. The molecule has 4 aromatic rings. The van der Waals surface area contributed by atoms with Crippen molar-refractivity contribution < 1.29 is 9.15 Å². The number of rotatable bonds is 7. The maximum atomic E-state index is 6.08. The minimum absolute atomic E-state index is 0.532. The van der Waals surface area contributed by atoms with E-state index < -0.39 is 0 Å². The van der Waals surface area contributed by atoms with Gasteiger partial charge in [-0.25, -0.2) is 9.97 Å². The van der Waals surface area contributed by atoms with E-state index in [2.05, 4.69) is 9.97 Å². The number of oxazole rings is 1. The summed E-state index contributed by atoms with van der Waals surface area (Å²) < 4.78 is 11.9. The third-order valence-corrected chi connectivity index (χ3v) is 4.56. The van der Waals surface area contributed by atoms with Gasteiger partial charge in [-0.3, -0.25) is 0 Å². The summed E-state index contributed by atoms with van der Waals surface area (Å²) in [5.41, 5.74) is 2.55. The second kappa shape index (κ2) is 8.31. The maximum Gasteiger partial charge on any atom is 0.245 e. The molecular weight excluding hydrogens is 374 g/mol. The van der Waals surface area contributed by atoms with Gasteiger partial charge in [-0.05, 0) is 37.6 Å². The van der Waals surface area contributed by atoms with E-state index in [1.54, 1.807) is 6.20 Å². The number of hydrogen-bond acceptors (Lipinski definition) is 4. The van der Waals surface area contributed by atoms with Crippen LogP contribution in [0.1, 0.15) is 18.0 Å². The molecule has 28 heavy (non-hydrogen) atoms. The van der Waals surface area contributed by atoms with Crippen LogP contribution in [-0.4, -0.2) is 21.6 Å². The summed E-state index contributed by atoms with van der Waals surface area (Å²) in [6, 6.07) is 17.4. The highest BCUT2D eigenvalue weighted by Gasteiger charge is 2.17. The van der Waals surface area contributed by atoms with Crippen molar-refractivity contribution in [3.63, 3.8) is 0 Å². The molecule has 0 saturated carbocycles. The molecule has 142 valence electrons. The third kappa shape index (κ3) is 4.26. The first-order chi connectivity index (χ1) is 13.7. The van der Waals surface area contributed by atoms with Crippen LogP contribution in [0.3, 0.4) is 0 Å². The Bertz CT molecular complexity index is 1040. The van der Waals surface area contributed by atoms with Crippen LogP contribution in [0.5, 0.6) is 5.75 Å². The number of H-pyrrole nitrogens is 1. The summed E-state index contributed by atoms with van der Waals surface area (Å²) in [6.45, 7) is 2.50. The molecule has 4 rings (SSSR count). The Morgan fingerprint density at radius 3 is 2.57 bits per heavy atom. The zero-order valence-corrected chi connectivity index (χ0v) is 16.2. The molecule has 0 fully saturated rings. The quantitative estimate of drug-likeness (QED) is 0.409. The molecule has 5 nitrogen and oxygen atoms in total.